The van der Waals surface area contributed by atoms with Crippen LogP contribution in [-0.4, -0.2) is 40.4 Å². The number of rotatable bonds is 4. The molecule has 0 unspecified atom stereocenters. The van der Waals surface area contributed by atoms with Crippen LogP contribution in [0.15, 0.2) is 0 Å². The van der Waals surface area contributed by atoms with Gasteiger partial charge in [0.15, 0.2) is 6.67 Å². The minimum Gasteiger partial charge on any atom is -0.478 e. The van der Waals surface area contributed by atoms with Gasteiger partial charge in [-0.15, -0.1) is 0 Å². The summed E-state index contributed by atoms with van der Waals surface area (Å²) in [7, 11) is 0. The predicted molar refractivity (Wildman–Crippen MR) is 30.0 cm³/mol. The lowest BCUT2D eigenvalue weighted by molar-refractivity contribution is -0.202. The first-order chi connectivity index (χ1) is 5.70. The lowest BCUT2D eigenvalue weighted by Crippen LogP contribution is -2.57. The van der Waals surface area contributed by atoms with Gasteiger partial charge < -0.3 is 10.2 Å². The van der Waals surface area contributed by atoms with Gasteiger partial charge in [-0.3, -0.25) is 0 Å². The van der Waals surface area contributed by atoms with Gasteiger partial charge in [0.05, 0.1) is 0 Å². The number of halogens is 4. The Bertz CT molecular complexity index is 225. The predicted octanol–water partition coefficient (Wildman–Crippen LogP) is 0.469. The maximum atomic E-state index is 12.6. The Labute approximate surface area is 68.8 Å². The lowest BCUT2D eigenvalue weighted by atomic mass is 9.99. The molecule has 0 aromatic rings. The molecule has 0 aliphatic rings. The summed E-state index contributed by atoms with van der Waals surface area (Å²) in [4.78, 5) is 19.7. The van der Waals surface area contributed by atoms with E-state index in [1.165, 1.54) is 0 Å². The zero-order valence-corrected chi connectivity index (χ0v) is 5.93. The van der Waals surface area contributed by atoms with Crippen molar-refractivity contribution in [3.63, 3.8) is 0 Å². The van der Waals surface area contributed by atoms with E-state index in [9.17, 15) is 27.2 Å². The van der Waals surface area contributed by atoms with Crippen LogP contribution in [0.1, 0.15) is 0 Å². The van der Waals surface area contributed by atoms with E-state index < -0.39 is 30.2 Å². The highest BCUT2D eigenvalue weighted by Crippen LogP contribution is 2.33. The molecule has 0 atom stereocenters. The molecule has 0 amide bonds. The second-order valence-electron chi connectivity index (χ2n) is 2.11. The molecule has 0 aliphatic carbocycles. The van der Waals surface area contributed by atoms with Crippen LogP contribution >= 0.6 is 0 Å². The number of carboxylic acids is 2. The van der Waals surface area contributed by atoms with Crippen molar-refractivity contribution in [2.24, 2.45) is 0 Å². The van der Waals surface area contributed by atoms with E-state index in [-0.39, 0.29) is 0 Å². The summed E-state index contributed by atoms with van der Waals surface area (Å²) in [6.07, 6.45) is 0. The second-order valence-corrected chi connectivity index (χ2v) is 2.11. The fourth-order valence-electron chi connectivity index (χ4n) is 0.496. The Balaban J connectivity index is 5.26. The molecule has 0 saturated heterocycles. The maximum Gasteiger partial charge on any atom is 0.366 e. The summed E-state index contributed by atoms with van der Waals surface area (Å²) in [6.45, 7) is -2.71. The number of aliphatic carboxylic acids is 2. The van der Waals surface area contributed by atoms with Crippen LogP contribution in [0.4, 0.5) is 17.6 Å². The minimum atomic E-state index is -5.09. The number of alkyl halides is 4. The first kappa shape index (κ1) is 11.7. The van der Waals surface area contributed by atoms with Gasteiger partial charge in [-0.05, 0) is 0 Å². The van der Waals surface area contributed by atoms with E-state index in [0.717, 1.165) is 0 Å². The molecule has 0 rings (SSSR count). The largest absolute Gasteiger partial charge is 0.478 e. The van der Waals surface area contributed by atoms with Crippen molar-refractivity contribution in [1.82, 2.24) is 0 Å². The van der Waals surface area contributed by atoms with Crippen molar-refractivity contribution in [3.05, 3.63) is 0 Å². The summed E-state index contributed by atoms with van der Waals surface area (Å²) in [5.74, 6) is -11.0. The van der Waals surface area contributed by atoms with E-state index in [1.807, 2.05) is 0 Å². The number of hydrogen-bond donors (Lipinski definition) is 2. The third-order valence-electron chi connectivity index (χ3n) is 1.26. The van der Waals surface area contributed by atoms with Gasteiger partial charge in [0.2, 0.25) is 0 Å². The molecule has 0 bridgehead atoms. The van der Waals surface area contributed by atoms with Crippen LogP contribution in [0, 0.1) is 0 Å². The smallest absolute Gasteiger partial charge is 0.366 e. The van der Waals surface area contributed by atoms with Crippen LogP contribution in [0.5, 0.6) is 0 Å². The van der Waals surface area contributed by atoms with Crippen LogP contribution in [0.25, 0.3) is 0 Å². The highest BCUT2D eigenvalue weighted by atomic mass is 19.3. The van der Waals surface area contributed by atoms with E-state index in [2.05, 4.69) is 0 Å². The summed E-state index contributed by atoms with van der Waals surface area (Å²) in [6, 6.07) is 0. The average Bonchev–Trinajstić information content (AvgIpc) is 2.01. The first-order valence-corrected chi connectivity index (χ1v) is 2.79. The Hall–Kier alpha value is -1.34. The average molecular weight is 204 g/mol. The first-order valence-electron chi connectivity index (χ1n) is 2.79. The third kappa shape index (κ3) is 1.56. The van der Waals surface area contributed by atoms with Gasteiger partial charge >= 0.3 is 23.5 Å². The third-order valence-corrected chi connectivity index (χ3v) is 1.26. The van der Waals surface area contributed by atoms with Crippen LogP contribution < -0.4 is 0 Å². The standard InChI is InChI=1S/C5H4F4O4/c6-1-4(7,8)5(9,2(10)11)3(12)13/h1H2,(H,10,11)(H,12,13). The Morgan fingerprint density at radius 2 is 1.38 bits per heavy atom. The molecule has 0 spiro atoms. The highest BCUT2D eigenvalue weighted by molar-refractivity contribution is 6.03. The van der Waals surface area contributed by atoms with Gasteiger partial charge in [-0.1, -0.05) is 0 Å². The summed E-state index contributed by atoms with van der Waals surface area (Å²) in [5, 5.41) is 15.7. The van der Waals surface area contributed by atoms with Crippen molar-refractivity contribution in [1.29, 1.82) is 0 Å². The summed E-state index contributed by atoms with van der Waals surface area (Å²) >= 11 is 0. The molecule has 2 N–H and O–H groups in total. The Morgan fingerprint density at radius 1 is 1.08 bits per heavy atom. The van der Waals surface area contributed by atoms with Crippen molar-refractivity contribution >= 4 is 11.9 Å². The van der Waals surface area contributed by atoms with Gasteiger partial charge in [0, 0.05) is 0 Å². The molecule has 0 radical (unpaired) electrons. The molecular weight excluding hydrogens is 200 g/mol. The van der Waals surface area contributed by atoms with Gasteiger partial charge in [-0.2, -0.15) is 8.78 Å². The number of hydrogen-bond acceptors (Lipinski definition) is 2. The number of carbonyl (C=O) groups is 2. The summed E-state index contributed by atoms with van der Waals surface area (Å²) < 4.78 is 48.5. The van der Waals surface area contributed by atoms with E-state index in [1.54, 1.807) is 0 Å². The fourth-order valence-corrected chi connectivity index (χ4v) is 0.496. The zero-order chi connectivity index (χ0) is 10.9. The molecule has 13 heavy (non-hydrogen) atoms. The lowest BCUT2D eigenvalue weighted by Gasteiger charge is -2.23. The van der Waals surface area contributed by atoms with Crippen LogP contribution in [-0.2, 0) is 9.59 Å². The normalized spacial score (nSPS) is 12.6. The number of carboxylic acid groups (broad SMARTS) is 2. The molecule has 0 aromatic heterocycles. The maximum absolute atomic E-state index is 12.6. The second kappa shape index (κ2) is 3.19. The van der Waals surface area contributed by atoms with E-state index >= 15 is 0 Å². The van der Waals surface area contributed by atoms with Crippen molar-refractivity contribution in [2.45, 2.75) is 11.6 Å². The SMILES string of the molecule is O=C(O)C(F)(C(=O)O)C(F)(F)CF. The highest BCUT2D eigenvalue weighted by Gasteiger charge is 2.67. The van der Waals surface area contributed by atoms with Crippen molar-refractivity contribution < 1.29 is 37.4 Å². The topological polar surface area (TPSA) is 74.6 Å². The zero-order valence-electron chi connectivity index (χ0n) is 5.93. The van der Waals surface area contributed by atoms with E-state index in [4.69, 9.17) is 10.2 Å². The monoisotopic (exact) mass is 204 g/mol. The quantitative estimate of drug-likeness (QED) is 0.515. The molecule has 0 saturated carbocycles. The molecule has 0 heterocycles. The molecular formula is C5H4F4O4. The molecule has 4 nitrogen and oxygen atoms in total. The fraction of sp³-hybridized carbons (Fsp3) is 0.600. The molecule has 0 aliphatic heterocycles. The van der Waals surface area contributed by atoms with Gasteiger partial charge in [0.25, 0.3) is 0 Å². The Kier molecular flexibility index (Phi) is 2.86. The Morgan fingerprint density at radius 3 is 1.46 bits per heavy atom. The van der Waals surface area contributed by atoms with Crippen LogP contribution in [0.3, 0.4) is 0 Å². The molecule has 0 aromatic carbocycles. The van der Waals surface area contributed by atoms with Gasteiger partial charge in [0.1, 0.15) is 0 Å². The summed E-state index contributed by atoms with van der Waals surface area (Å²) in [5.41, 5.74) is -4.93. The molecule has 0 fully saturated rings. The van der Waals surface area contributed by atoms with Crippen molar-refractivity contribution in [3.8, 4) is 0 Å². The van der Waals surface area contributed by atoms with Gasteiger partial charge in [-0.25, -0.2) is 18.4 Å². The molecule has 8 heteroatoms. The van der Waals surface area contributed by atoms with Crippen molar-refractivity contribution in [2.75, 3.05) is 6.67 Å². The molecule has 76 valence electrons. The van der Waals surface area contributed by atoms with Crippen LogP contribution in [0.2, 0.25) is 0 Å². The minimum absolute atomic E-state index is 2.71. The van der Waals surface area contributed by atoms with E-state index in [0.29, 0.717) is 0 Å².